The van der Waals surface area contributed by atoms with Crippen LogP contribution >= 0.6 is 0 Å². The number of halogens is 2. The zero-order valence-corrected chi connectivity index (χ0v) is 17.0. The van der Waals surface area contributed by atoms with Crippen LogP contribution in [-0.4, -0.2) is 7.11 Å². The van der Waals surface area contributed by atoms with Gasteiger partial charge in [-0.25, -0.2) is 0 Å². The minimum atomic E-state index is -1.17. The first-order chi connectivity index (χ1) is 14.1. The molecule has 29 heavy (non-hydrogen) atoms. The van der Waals surface area contributed by atoms with E-state index < -0.39 is 11.7 Å². The first kappa shape index (κ1) is 22.3. The fraction of sp³-hybridized carbons (Fsp3) is 0.308. The molecule has 3 heteroatoms. The number of unbranched alkanes of at least 4 members (excludes halogenated alkanes) is 4. The van der Waals surface area contributed by atoms with Gasteiger partial charge in [0.15, 0.2) is 0 Å². The molecule has 0 bridgehead atoms. The molecule has 0 saturated heterocycles. The third kappa shape index (κ3) is 8.24. The van der Waals surface area contributed by atoms with Gasteiger partial charge >= 0.3 is 0 Å². The van der Waals surface area contributed by atoms with Crippen molar-refractivity contribution in [3.05, 3.63) is 76.9 Å². The summed E-state index contributed by atoms with van der Waals surface area (Å²) in [5.74, 6) is 7.92. The van der Waals surface area contributed by atoms with Crippen LogP contribution in [0.5, 0.6) is 5.75 Å². The Morgan fingerprint density at radius 1 is 0.759 bits per heavy atom. The summed E-state index contributed by atoms with van der Waals surface area (Å²) in [5, 5.41) is 0. The van der Waals surface area contributed by atoms with E-state index in [1.807, 2.05) is 24.3 Å². The highest BCUT2D eigenvalue weighted by atomic mass is 19.2. The second kappa shape index (κ2) is 12.4. The van der Waals surface area contributed by atoms with Crippen LogP contribution < -0.4 is 4.74 Å². The predicted molar refractivity (Wildman–Crippen MR) is 115 cm³/mol. The van der Waals surface area contributed by atoms with Crippen molar-refractivity contribution in [2.24, 2.45) is 0 Å². The molecular weight excluding hydrogens is 366 g/mol. The number of aryl methyl sites for hydroxylation is 1. The van der Waals surface area contributed by atoms with Crippen LogP contribution in [0.2, 0.25) is 0 Å². The maximum Gasteiger partial charge on any atom is 0.217 e. The van der Waals surface area contributed by atoms with Gasteiger partial charge in [-0.15, -0.1) is 0 Å². The molecule has 0 aliphatic carbocycles. The van der Waals surface area contributed by atoms with Crippen molar-refractivity contribution < 1.29 is 13.5 Å². The highest BCUT2D eigenvalue weighted by Gasteiger charge is 2.00. The van der Waals surface area contributed by atoms with Gasteiger partial charge < -0.3 is 4.74 Å². The molecule has 2 aromatic carbocycles. The van der Waals surface area contributed by atoms with Gasteiger partial charge in [-0.05, 0) is 66.6 Å². The summed E-state index contributed by atoms with van der Waals surface area (Å²) in [5.41, 5.74) is 2.44. The van der Waals surface area contributed by atoms with Crippen molar-refractivity contribution >= 4 is 0 Å². The van der Waals surface area contributed by atoms with Crippen molar-refractivity contribution in [2.45, 2.75) is 45.4 Å². The number of ether oxygens (including phenoxy) is 1. The fourth-order valence-electron chi connectivity index (χ4n) is 2.73. The fourth-order valence-corrected chi connectivity index (χ4v) is 2.73. The van der Waals surface area contributed by atoms with Gasteiger partial charge in [-0.3, -0.25) is 0 Å². The molecule has 0 unspecified atom stereocenters. The Labute approximate surface area is 172 Å². The van der Waals surface area contributed by atoms with Crippen LogP contribution in [0.15, 0.2) is 60.2 Å². The lowest BCUT2D eigenvalue weighted by atomic mass is 10.0. The molecule has 0 saturated carbocycles. The summed E-state index contributed by atoms with van der Waals surface area (Å²) in [6.45, 7) is 2.21. The maximum absolute atomic E-state index is 13.9. The molecule has 150 valence electrons. The van der Waals surface area contributed by atoms with Gasteiger partial charge in [0, 0.05) is 11.1 Å². The average Bonchev–Trinajstić information content (AvgIpc) is 2.76. The van der Waals surface area contributed by atoms with E-state index in [1.165, 1.54) is 37.7 Å². The summed E-state index contributed by atoms with van der Waals surface area (Å²) >= 11 is 0. The highest BCUT2D eigenvalue weighted by molar-refractivity contribution is 5.46. The van der Waals surface area contributed by atoms with Crippen molar-refractivity contribution in [3.63, 3.8) is 0 Å². The summed E-state index contributed by atoms with van der Waals surface area (Å²) in [7, 11) is 1.55. The predicted octanol–water partition coefficient (Wildman–Crippen LogP) is 6.76. The van der Waals surface area contributed by atoms with E-state index in [-0.39, 0.29) is 0 Å². The number of methoxy groups -OCH3 is 1. The molecule has 0 fully saturated rings. The van der Waals surface area contributed by atoms with Crippen molar-refractivity contribution in [3.8, 4) is 29.4 Å². The summed E-state index contributed by atoms with van der Waals surface area (Å²) < 4.78 is 32.7. The number of hydrogen-bond acceptors (Lipinski definition) is 1. The molecule has 0 aromatic heterocycles. The van der Waals surface area contributed by atoms with Crippen LogP contribution in [0.25, 0.3) is 0 Å². The standard InChI is InChI=1S/C26H26F2O/c1-3-4-5-6-7-8-21-9-11-22(12-10-21)15-19-25(27)26(28)20-16-23-13-17-24(29-2)18-14-23/h9-14,17-18H,3-8H2,1-2H3/b26-25+. The molecule has 0 aliphatic heterocycles. The Morgan fingerprint density at radius 2 is 1.28 bits per heavy atom. The normalized spacial score (nSPS) is 10.9. The van der Waals surface area contributed by atoms with Crippen molar-refractivity contribution in [1.29, 1.82) is 0 Å². The van der Waals surface area contributed by atoms with Crippen molar-refractivity contribution in [1.82, 2.24) is 0 Å². The first-order valence-corrected chi connectivity index (χ1v) is 9.94. The second-order valence-corrected chi connectivity index (χ2v) is 6.72. The van der Waals surface area contributed by atoms with Gasteiger partial charge in [0.25, 0.3) is 0 Å². The first-order valence-electron chi connectivity index (χ1n) is 9.94. The quantitative estimate of drug-likeness (QED) is 0.373. The highest BCUT2D eigenvalue weighted by Crippen LogP contribution is 2.12. The monoisotopic (exact) mass is 392 g/mol. The van der Waals surface area contributed by atoms with Gasteiger partial charge in [0.2, 0.25) is 11.7 Å². The lowest BCUT2D eigenvalue weighted by Crippen LogP contribution is -1.86. The largest absolute Gasteiger partial charge is 0.497 e. The van der Waals surface area contributed by atoms with E-state index in [2.05, 4.69) is 30.6 Å². The van der Waals surface area contributed by atoms with Crippen LogP contribution in [0, 0.1) is 23.7 Å². The maximum atomic E-state index is 13.9. The van der Waals surface area contributed by atoms with E-state index in [1.54, 1.807) is 31.4 Å². The SMILES string of the molecule is CCCCCCCc1ccc(C#C/C(F)=C(\F)C#Cc2ccc(OC)cc2)cc1. The second-order valence-electron chi connectivity index (χ2n) is 6.72. The Morgan fingerprint density at radius 3 is 1.79 bits per heavy atom. The molecule has 0 spiro atoms. The van der Waals surface area contributed by atoms with Crippen LogP contribution in [0.1, 0.15) is 55.7 Å². The third-order valence-electron chi connectivity index (χ3n) is 4.44. The van der Waals surface area contributed by atoms with Gasteiger partial charge in [-0.2, -0.15) is 8.78 Å². The van der Waals surface area contributed by atoms with Gasteiger partial charge in [-0.1, -0.05) is 56.6 Å². The van der Waals surface area contributed by atoms with E-state index >= 15 is 0 Å². The minimum absolute atomic E-state index is 0.562. The lowest BCUT2D eigenvalue weighted by Gasteiger charge is -2.01. The average molecular weight is 392 g/mol. The molecule has 0 aliphatic rings. The Hall–Kier alpha value is -3.04. The molecule has 2 rings (SSSR count). The van der Waals surface area contributed by atoms with Crippen molar-refractivity contribution in [2.75, 3.05) is 7.11 Å². The number of hydrogen-bond donors (Lipinski definition) is 0. The molecule has 0 amide bonds. The minimum Gasteiger partial charge on any atom is -0.497 e. The van der Waals surface area contributed by atoms with Crippen LogP contribution in [-0.2, 0) is 6.42 Å². The van der Waals surface area contributed by atoms with E-state index in [0.717, 1.165) is 6.42 Å². The van der Waals surface area contributed by atoms with Crippen LogP contribution in [0.4, 0.5) is 8.78 Å². The molecule has 1 nitrogen and oxygen atoms in total. The summed E-state index contributed by atoms with van der Waals surface area (Å²) in [6, 6.07) is 14.4. The Balaban J connectivity index is 1.94. The molecule has 0 N–H and O–H groups in total. The third-order valence-corrected chi connectivity index (χ3v) is 4.44. The molecular formula is C26H26F2O. The number of benzene rings is 2. The van der Waals surface area contributed by atoms with Gasteiger partial charge in [0.1, 0.15) is 5.75 Å². The summed E-state index contributed by atoms with van der Waals surface area (Å²) in [6.07, 6.45) is 7.24. The summed E-state index contributed by atoms with van der Waals surface area (Å²) in [4.78, 5) is 0. The van der Waals surface area contributed by atoms with E-state index in [9.17, 15) is 8.78 Å². The topological polar surface area (TPSA) is 9.23 Å². The molecule has 0 atom stereocenters. The smallest absolute Gasteiger partial charge is 0.217 e. The number of allylic oxidation sites excluding steroid dienone is 2. The molecule has 2 aromatic rings. The molecule has 0 radical (unpaired) electrons. The number of rotatable bonds is 7. The lowest BCUT2D eigenvalue weighted by molar-refractivity contribution is 0.415. The zero-order chi connectivity index (χ0) is 20.9. The Bertz CT molecular complexity index is 917. The van der Waals surface area contributed by atoms with E-state index in [0.29, 0.717) is 16.9 Å². The molecule has 0 heterocycles. The Kier molecular flexibility index (Phi) is 9.53. The zero-order valence-electron chi connectivity index (χ0n) is 17.0. The van der Waals surface area contributed by atoms with Crippen LogP contribution in [0.3, 0.4) is 0 Å². The van der Waals surface area contributed by atoms with Gasteiger partial charge in [0.05, 0.1) is 7.11 Å². The van der Waals surface area contributed by atoms with E-state index in [4.69, 9.17) is 4.74 Å².